The number of benzene rings is 2. The van der Waals surface area contributed by atoms with Gasteiger partial charge in [-0.15, -0.1) is 10.2 Å². The van der Waals surface area contributed by atoms with E-state index in [0.29, 0.717) is 12.2 Å². The summed E-state index contributed by atoms with van der Waals surface area (Å²) < 4.78 is 1.97. The molecule has 0 aliphatic carbocycles. The molecule has 0 unspecified atom stereocenters. The predicted molar refractivity (Wildman–Crippen MR) is 124 cm³/mol. The third-order valence-electron chi connectivity index (χ3n) is 5.46. The molecular weight excluding hydrogens is 426 g/mol. The van der Waals surface area contributed by atoms with Crippen LogP contribution in [-0.2, 0) is 4.79 Å². The first-order valence-electron chi connectivity index (χ1n) is 10.8. The van der Waals surface area contributed by atoms with Gasteiger partial charge in [0.25, 0.3) is 5.69 Å². The van der Waals surface area contributed by atoms with Gasteiger partial charge in [-0.2, -0.15) is 0 Å². The maximum atomic E-state index is 12.2. The predicted octanol–water partition coefficient (Wildman–Crippen LogP) is 4.73. The Balaban J connectivity index is 1.45. The van der Waals surface area contributed by atoms with Crippen molar-refractivity contribution in [1.82, 2.24) is 19.7 Å². The summed E-state index contributed by atoms with van der Waals surface area (Å²) in [5.74, 6) is 1.73. The van der Waals surface area contributed by atoms with Crippen molar-refractivity contribution in [3.05, 3.63) is 64.7 Å². The molecule has 0 atom stereocenters. The Morgan fingerprint density at radius 2 is 1.72 bits per heavy atom. The van der Waals surface area contributed by atoms with E-state index in [1.165, 1.54) is 12.1 Å². The molecule has 2 heterocycles. The number of unbranched alkanes of at least 4 members (excludes halogenated alkanes) is 1. The number of likely N-dealkylation sites (tertiary alicyclic amines) is 1. The molecule has 1 amide bonds. The average molecular weight is 452 g/mol. The molecule has 8 nitrogen and oxygen atoms in total. The third-order valence-corrected chi connectivity index (χ3v) is 6.47. The zero-order valence-corrected chi connectivity index (χ0v) is 18.5. The van der Waals surface area contributed by atoms with E-state index >= 15 is 0 Å². The minimum Gasteiger partial charge on any atom is -0.343 e. The molecule has 1 fully saturated rings. The summed E-state index contributed by atoms with van der Waals surface area (Å²) in [6, 6.07) is 16.2. The smallest absolute Gasteiger partial charge is 0.269 e. The summed E-state index contributed by atoms with van der Waals surface area (Å²) in [6.45, 7) is 1.80. The quantitative estimate of drug-likeness (QED) is 0.202. The molecule has 3 aromatic rings. The number of para-hydroxylation sites is 1. The average Bonchev–Trinajstić information content (AvgIpc) is 3.50. The fourth-order valence-electron chi connectivity index (χ4n) is 3.76. The Kier molecular flexibility index (Phi) is 7.16. The minimum atomic E-state index is -0.415. The third kappa shape index (κ3) is 5.16. The van der Waals surface area contributed by atoms with Crippen LogP contribution in [0.5, 0.6) is 0 Å². The number of hydrogen-bond donors (Lipinski definition) is 0. The zero-order valence-electron chi connectivity index (χ0n) is 17.7. The van der Waals surface area contributed by atoms with E-state index in [1.54, 1.807) is 23.9 Å². The number of hydrogen-bond acceptors (Lipinski definition) is 6. The number of non-ortho nitro benzene ring substituents is 1. The van der Waals surface area contributed by atoms with Gasteiger partial charge in [-0.1, -0.05) is 30.0 Å². The van der Waals surface area contributed by atoms with Crippen molar-refractivity contribution < 1.29 is 9.72 Å². The first kappa shape index (κ1) is 22.0. The molecule has 4 rings (SSSR count). The van der Waals surface area contributed by atoms with Gasteiger partial charge in [-0.3, -0.25) is 19.5 Å². The van der Waals surface area contributed by atoms with Crippen LogP contribution in [0.4, 0.5) is 5.69 Å². The van der Waals surface area contributed by atoms with Crippen LogP contribution in [0.3, 0.4) is 0 Å². The summed E-state index contributed by atoms with van der Waals surface area (Å²) in [5.41, 5.74) is 1.73. The molecule has 1 aliphatic heterocycles. The summed E-state index contributed by atoms with van der Waals surface area (Å²) in [7, 11) is 0. The number of amides is 1. The van der Waals surface area contributed by atoms with Gasteiger partial charge < -0.3 is 4.90 Å². The van der Waals surface area contributed by atoms with Crippen LogP contribution in [0.2, 0.25) is 0 Å². The van der Waals surface area contributed by atoms with Crippen molar-refractivity contribution in [2.75, 3.05) is 18.8 Å². The number of thioether (sulfide) groups is 1. The van der Waals surface area contributed by atoms with Gasteiger partial charge >= 0.3 is 0 Å². The van der Waals surface area contributed by atoms with Crippen molar-refractivity contribution in [3.63, 3.8) is 0 Å². The van der Waals surface area contributed by atoms with Gasteiger partial charge in [0.1, 0.15) is 0 Å². The van der Waals surface area contributed by atoms with Gasteiger partial charge in [0, 0.05) is 48.6 Å². The van der Waals surface area contributed by atoms with E-state index in [2.05, 4.69) is 10.2 Å². The lowest BCUT2D eigenvalue weighted by molar-refractivity contribution is -0.384. The maximum Gasteiger partial charge on any atom is 0.269 e. The summed E-state index contributed by atoms with van der Waals surface area (Å²) in [5, 5.41) is 20.5. The lowest BCUT2D eigenvalue weighted by atomic mass is 10.2. The number of carbonyl (C=O) groups is 1. The van der Waals surface area contributed by atoms with Crippen molar-refractivity contribution >= 4 is 23.4 Å². The Morgan fingerprint density at radius 1 is 1.00 bits per heavy atom. The van der Waals surface area contributed by atoms with Gasteiger partial charge in [0.15, 0.2) is 11.0 Å². The second-order valence-corrected chi connectivity index (χ2v) is 8.74. The Hall–Kier alpha value is -3.20. The monoisotopic (exact) mass is 451 g/mol. The Bertz CT molecular complexity index is 1060. The summed E-state index contributed by atoms with van der Waals surface area (Å²) in [4.78, 5) is 24.7. The molecule has 166 valence electrons. The molecule has 0 N–H and O–H groups in total. The molecule has 1 saturated heterocycles. The molecule has 2 aromatic carbocycles. The number of rotatable bonds is 9. The Labute approximate surface area is 190 Å². The second-order valence-electron chi connectivity index (χ2n) is 7.67. The Morgan fingerprint density at radius 3 is 2.41 bits per heavy atom. The maximum absolute atomic E-state index is 12.2. The second kappa shape index (κ2) is 10.4. The van der Waals surface area contributed by atoms with Gasteiger partial charge in [-0.05, 0) is 49.9 Å². The van der Waals surface area contributed by atoms with Gasteiger partial charge in [0.05, 0.1) is 4.92 Å². The molecule has 32 heavy (non-hydrogen) atoms. The van der Waals surface area contributed by atoms with Crippen molar-refractivity contribution in [3.8, 4) is 17.1 Å². The van der Waals surface area contributed by atoms with Gasteiger partial charge in [-0.25, -0.2) is 0 Å². The fraction of sp³-hybridized carbons (Fsp3) is 0.348. The first-order valence-corrected chi connectivity index (χ1v) is 11.8. The zero-order chi connectivity index (χ0) is 22.3. The molecule has 0 radical (unpaired) electrons. The van der Waals surface area contributed by atoms with Crippen LogP contribution in [0.15, 0.2) is 59.8 Å². The highest BCUT2D eigenvalue weighted by Gasteiger charge is 2.18. The van der Waals surface area contributed by atoms with E-state index < -0.39 is 4.92 Å². The molecule has 0 saturated carbocycles. The molecule has 1 aromatic heterocycles. The number of nitro groups is 1. The van der Waals surface area contributed by atoms with Crippen LogP contribution in [0, 0.1) is 10.1 Å². The van der Waals surface area contributed by atoms with E-state index in [4.69, 9.17) is 0 Å². The van der Waals surface area contributed by atoms with Crippen LogP contribution in [0.25, 0.3) is 17.1 Å². The van der Waals surface area contributed by atoms with Crippen LogP contribution >= 0.6 is 11.8 Å². The van der Waals surface area contributed by atoms with Crippen molar-refractivity contribution in [1.29, 1.82) is 0 Å². The topological polar surface area (TPSA) is 94.2 Å². The number of nitrogens with zero attached hydrogens (tertiary/aromatic N) is 5. The summed E-state index contributed by atoms with van der Waals surface area (Å²) >= 11 is 1.61. The molecule has 1 aliphatic rings. The molecular formula is C23H25N5O3S. The normalized spacial score (nSPS) is 13.4. The van der Waals surface area contributed by atoms with Crippen molar-refractivity contribution in [2.24, 2.45) is 0 Å². The van der Waals surface area contributed by atoms with E-state index in [9.17, 15) is 14.9 Å². The highest BCUT2D eigenvalue weighted by Crippen LogP contribution is 2.29. The number of aromatic nitrogens is 3. The van der Waals surface area contributed by atoms with Crippen LogP contribution in [0.1, 0.15) is 32.1 Å². The SMILES string of the molecule is O=C(CCCCSc1nnc(-c2ccc([N+](=O)[O-])cc2)n1-c1ccccc1)N1CCCC1. The largest absolute Gasteiger partial charge is 0.343 e. The standard InChI is InChI=1S/C23H25N5O3S/c29-21(26-15-5-6-16-26)10-4-7-17-32-23-25-24-22(27(23)19-8-2-1-3-9-19)18-11-13-20(14-12-18)28(30)31/h1-3,8-9,11-14H,4-7,10,15-17H2. The van der Waals surface area contributed by atoms with Crippen LogP contribution < -0.4 is 0 Å². The lowest BCUT2D eigenvalue weighted by Crippen LogP contribution is -2.27. The number of carbonyl (C=O) groups excluding carboxylic acids is 1. The van der Waals surface area contributed by atoms with Crippen LogP contribution in [-0.4, -0.2) is 49.3 Å². The lowest BCUT2D eigenvalue weighted by Gasteiger charge is -2.14. The highest BCUT2D eigenvalue weighted by molar-refractivity contribution is 7.99. The fourth-order valence-corrected chi connectivity index (χ4v) is 4.71. The van der Waals surface area contributed by atoms with E-state index in [0.717, 1.165) is 60.9 Å². The van der Waals surface area contributed by atoms with Crippen molar-refractivity contribution in [2.45, 2.75) is 37.3 Å². The highest BCUT2D eigenvalue weighted by atomic mass is 32.2. The molecule has 9 heteroatoms. The molecule has 0 spiro atoms. The summed E-state index contributed by atoms with van der Waals surface area (Å²) in [6.07, 6.45) is 4.61. The minimum absolute atomic E-state index is 0.0394. The van der Waals surface area contributed by atoms with E-state index in [1.807, 2.05) is 39.8 Å². The number of nitro benzene ring substituents is 1. The first-order chi connectivity index (χ1) is 15.6. The van der Waals surface area contributed by atoms with Gasteiger partial charge in [0.2, 0.25) is 5.91 Å². The van der Waals surface area contributed by atoms with E-state index in [-0.39, 0.29) is 11.6 Å². The molecule has 0 bridgehead atoms.